The standard InChI is InChI=1S/C15H19NO3/c1-9-2-5-14(17)10(6-9)8-16-11-3-4-13(16)12(7-11)15(18)19/h2,5-6,11-13,17H,3-4,7-8H2,1H3,(H,18,19). The molecule has 2 fully saturated rings. The quantitative estimate of drug-likeness (QED) is 0.875. The fraction of sp³-hybridized carbons (Fsp3) is 0.533. The zero-order valence-electron chi connectivity index (χ0n) is 11.0. The van der Waals surface area contributed by atoms with Gasteiger partial charge in [-0.2, -0.15) is 0 Å². The Morgan fingerprint density at radius 3 is 2.89 bits per heavy atom. The van der Waals surface area contributed by atoms with E-state index in [1.807, 2.05) is 19.1 Å². The van der Waals surface area contributed by atoms with Crippen LogP contribution in [0.1, 0.15) is 30.4 Å². The van der Waals surface area contributed by atoms with Crippen LogP contribution in [0.15, 0.2) is 18.2 Å². The van der Waals surface area contributed by atoms with Crippen LogP contribution in [0.3, 0.4) is 0 Å². The smallest absolute Gasteiger partial charge is 0.308 e. The summed E-state index contributed by atoms with van der Waals surface area (Å²) in [4.78, 5) is 13.5. The number of aromatic hydroxyl groups is 1. The van der Waals surface area contributed by atoms with Crippen molar-refractivity contribution in [3.05, 3.63) is 29.3 Å². The third-order valence-electron chi connectivity index (χ3n) is 4.59. The number of carboxylic acids is 1. The Morgan fingerprint density at radius 1 is 1.42 bits per heavy atom. The lowest BCUT2D eigenvalue weighted by atomic mass is 9.89. The molecule has 1 aromatic carbocycles. The monoisotopic (exact) mass is 261 g/mol. The predicted molar refractivity (Wildman–Crippen MR) is 70.9 cm³/mol. The first-order chi connectivity index (χ1) is 9.06. The highest BCUT2D eigenvalue weighted by atomic mass is 16.4. The summed E-state index contributed by atoms with van der Waals surface area (Å²) in [5.74, 6) is -0.597. The van der Waals surface area contributed by atoms with E-state index in [1.165, 1.54) is 0 Å². The molecule has 3 atom stereocenters. The van der Waals surface area contributed by atoms with Gasteiger partial charge in [-0.25, -0.2) is 0 Å². The number of carbonyl (C=O) groups is 1. The van der Waals surface area contributed by atoms with Crippen LogP contribution in [-0.4, -0.2) is 33.2 Å². The molecule has 0 saturated carbocycles. The highest BCUT2D eigenvalue weighted by molar-refractivity contribution is 5.71. The van der Waals surface area contributed by atoms with E-state index in [1.54, 1.807) is 6.07 Å². The molecular formula is C15H19NO3. The first kappa shape index (κ1) is 12.5. The van der Waals surface area contributed by atoms with E-state index >= 15 is 0 Å². The summed E-state index contributed by atoms with van der Waals surface area (Å²) in [7, 11) is 0. The van der Waals surface area contributed by atoms with Gasteiger partial charge in [-0.15, -0.1) is 0 Å². The third kappa shape index (κ3) is 2.10. The zero-order chi connectivity index (χ0) is 13.6. The van der Waals surface area contributed by atoms with E-state index in [2.05, 4.69) is 4.90 Å². The topological polar surface area (TPSA) is 60.8 Å². The summed E-state index contributed by atoms with van der Waals surface area (Å²) in [6.07, 6.45) is 2.81. The largest absolute Gasteiger partial charge is 0.508 e. The number of hydrogen-bond donors (Lipinski definition) is 2. The van der Waals surface area contributed by atoms with Crippen molar-refractivity contribution < 1.29 is 15.0 Å². The summed E-state index contributed by atoms with van der Waals surface area (Å²) >= 11 is 0. The van der Waals surface area contributed by atoms with Crippen molar-refractivity contribution in [2.45, 2.75) is 44.8 Å². The molecule has 1 aromatic rings. The van der Waals surface area contributed by atoms with Gasteiger partial charge >= 0.3 is 5.97 Å². The highest BCUT2D eigenvalue weighted by Crippen LogP contribution is 2.43. The van der Waals surface area contributed by atoms with Crippen LogP contribution in [0.2, 0.25) is 0 Å². The second-order valence-corrected chi connectivity index (χ2v) is 5.78. The molecule has 2 N–H and O–H groups in total. The second kappa shape index (κ2) is 4.53. The summed E-state index contributed by atoms with van der Waals surface area (Å²) < 4.78 is 0. The molecule has 0 radical (unpaired) electrons. The normalized spacial score (nSPS) is 29.8. The molecule has 3 unspecified atom stereocenters. The number of carboxylic acid groups (broad SMARTS) is 1. The minimum absolute atomic E-state index is 0.141. The van der Waals surface area contributed by atoms with Crippen molar-refractivity contribution in [2.75, 3.05) is 0 Å². The summed E-state index contributed by atoms with van der Waals surface area (Å²) in [6.45, 7) is 2.66. The molecule has 3 rings (SSSR count). The molecule has 4 nitrogen and oxygen atoms in total. The van der Waals surface area contributed by atoms with Crippen LogP contribution in [0.25, 0.3) is 0 Å². The number of nitrogens with zero attached hydrogens (tertiary/aromatic N) is 1. The van der Waals surface area contributed by atoms with Crippen molar-refractivity contribution in [2.24, 2.45) is 5.92 Å². The van der Waals surface area contributed by atoms with E-state index in [0.29, 0.717) is 18.3 Å². The lowest BCUT2D eigenvalue weighted by molar-refractivity contribution is -0.142. The van der Waals surface area contributed by atoms with Crippen LogP contribution in [-0.2, 0) is 11.3 Å². The van der Waals surface area contributed by atoms with Gasteiger partial charge in [0.2, 0.25) is 0 Å². The van der Waals surface area contributed by atoms with Gasteiger partial charge < -0.3 is 10.2 Å². The Balaban J connectivity index is 1.81. The minimum atomic E-state index is -0.675. The first-order valence-corrected chi connectivity index (χ1v) is 6.83. The Hall–Kier alpha value is -1.55. The average molecular weight is 261 g/mol. The van der Waals surface area contributed by atoms with Gasteiger partial charge in [0.25, 0.3) is 0 Å². The molecule has 2 aliphatic rings. The number of fused-ring (bicyclic) bond motifs is 2. The van der Waals surface area contributed by atoms with Gasteiger partial charge in [0.1, 0.15) is 5.75 Å². The maximum atomic E-state index is 11.2. The van der Waals surface area contributed by atoms with Gasteiger partial charge in [0.15, 0.2) is 0 Å². The molecule has 2 saturated heterocycles. The van der Waals surface area contributed by atoms with Gasteiger partial charge in [0, 0.05) is 24.2 Å². The van der Waals surface area contributed by atoms with E-state index < -0.39 is 5.97 Å². The van der Waals surface area contributed by atoms with Crippen molar-refractivity contribution in [1.82, 2.24) is 4.90 Å². The number of hydrogen-bond acceptors (Lipinski definition) is 3. The van der Waals surface area contributed by atoms with Crippen LogP contribution < -0.4 is 0 Å². The van der Waals surface area contributed by atoms with Crippen molar-refractivity contribution in [1.29, 1.82) is 0 Å². The van der Waals surface area contributed by atoms with Gasteiger partial charge in [-0.1, -0.05) is 17.7 Å². The van der Waals surface area contributed by atoms with Crippen molar-refractivity contribution in [3.63, 3.8) is 0 Å². The Labute approximate surface area is 112 Å². The minimum Gasteiger partial charge on any atom is -0.508 e. The zero-order valence-corrected chi connectivity index (χ0v) is 11.0. The van der Waals surface area contributed by atoms with E-state index in [-0.39, 0.29) is 12.0 Å². The molecule has 0 spiro atoms. The molecule has 0 amide bonds. The molecule has 2 bridgehead atoms. The number of aliphatic carboxylic acids is 1. The van der Waals surface area contributed by atoms with E-state index in [0.717, 1.165) is 30.4 Å². The number of phenolic OH excluding ortho intramolecular Hbond substituents is 1. The fourth-order valence-corrected chi connectivity index (χ4v) is 3.65. The predicted octanol–water partition coefficient (Wildman–Crippen LogP) is 2.14. The molecule has 0 aromatic heterocycles. The number of rotatable bonds is 3. The maximum absolute atomic E-state index is 11.2. The maximum Gasteiger partial charge on any atom is 0.308 e. The second-order valence-electron chi connectivity index (χ2n) is 5.78. The first-order valence-electron chi connectivity index (χ1n) is 6.83. The summed E-state index contributed by atoms with van der Waals surface area (Å²) in [5, 5.41) is 19.2. The third-order valence-corrected chi connectivity index (χ3v) is 4.59. The van der Waals surface area contributed by atoms with Gasteiger partial charge in [0.05, 0.1) is 5.92 Å². The summed E-state index contributed by atoms with van der Waals surface area (Å²) in [5.41, 5.74) is 2.03. The van der Waals surface area contributed by atoms with Gasteiger partial charge in [-0.3, -0.25) is 9.69 Å². The van der Waals surface area contributed by atoms with Crippen LogP contribution >= 0.6 is 0 Å². The van der Waals surface area contributed by atoms with Crippen LogP contribution in [0, 0.1) is 12.8 Å². The van der Waals surface area contributed by atoms with Crippen molar-refractivity contribution >= 4 is 5.97 Å². The van der Waals surface area contributed by atoms with Gasteiger partial charge in [-0.05, 0) is 32.3 Å². The molecule has 19 heavy (non-hydrogen) atoms. The Kier molecular flexibility index (Phi) is 2.97. The number of benzene rings is 1. The van der Waals surface area contributed by atoms with Crippen LogP contribution in [0.4, 0.5) is 0 Å². The SMILES string of the molecule is Cc1ccc(O)c(CN2C3CCC2C(C(=O)O)C3)c1. The Morgan fingerprint density at radius 2 is 2.21 bits per heavy atom. The number of aryl methyl sites for hydroxylation is 1. The summed E-state index contributed by atoms with van der Waals surface area (Å²) in [6, 6.07) is 6.10. The molecular weight excluding hydrogens is 242 g/mol. The lowest BCUT2D eigenvalue weighted by Crippen LogP contribution is -2.32. The molecule has 2 aliphatic heterocycles. The molecule has 0 aliphatic carbocycles. The fourth-order valence-electron chi connectivity index (χ4n) is 3.65. The lowest BCUT2D eigenvalue weighted by Gasteiger charge is -2.23. The molecule has 2 heterocycles. The van der Waals surface area contributed by atoms with E-state index in [4.69, 9.17) is 0 Å². The number of phenols is 1. The highest BCUT2D eigenvalue weighted by Gasteiger charge is 2.49. The Bertz CT molecular complexity index is 514. The van der Waals surface area contributed by atoms with Crippen molar-refractivity contribution in [3.8, 4) is 5.75 Å². The van der Waals surface area contributed by atoms with E-state index in [9.17, 15) is 15.0 Å². The van der Waals surface area contributed by atoms with Crippen LogP contribution in [0.5, 0.6) is 5.75 Å². The average Bonchev–Trinajstić information content (AvgIpc) is 2.91. The molecule has 4 heteroatoms. The molecule has 102 valence electrons.